The number of aromatic nitrogens is 1. The van der Waals surface area contributed by atoms with Crippen molar-refractivity contribution in [2.45, 2.75) is 13.0 Å². The summed E-state index contributed by atoms with van der Waals surface area (Å²) in [5.74, 6) is 0.804. The smallest absolute Gasteiger partial charge is 0.151 e. The van der Waals surface area contributed by atoms with E-state index in [1.807, 2.05) is 42.3 Å². The van der Waals surface area contributed by atoms with Crippen molar-refractivity contribution in [2.75, 3.05) is 11.9 Å². The predicted octanol–water partition coefficient (Wildman–Crippen LogP) is 3.74. The Morgan fingerprint density at radius 3 is 2.58 bits per heavy atom. The normalized spacial score (nSPS) is 11.9. The van der Waals surface area contributed by atoms with Crippen LogP contribution in [0, 0.1) is 0 Å². The number of carbonyl (C=O) groups excluding carboxylic acids is 1. The highest BCUT2D eigenvalue weighted by molar-refractivity contribution is 6.31. The molecular formula is C15H15ClN2O. The topological polar surface area (TPSA) is 33.2 Å². The van der Waals surface area contributed by atoms with Gasteiger partial charge < -0.3 is 4.90 Å². The second-order valence-corrected chi connectivity index (χ2v) is 4.78. The van der Waals surface area contributed by atoms with Crippen molar-refractivity contribution in [3.05, 3.63) is 58.7 Å². The first-order valence-corrected chi connectivity index (χ1v) is 6.39. The first-order chi connectivity index (χ1) is 9.13. The lowest BCUT2D eigenvalue weighted by Crippen LogP contribution is -2.22. The van der Waals surface area contributed by atoms with Crippen LogP contribution in [0.3, 0.4) is 0 Å². The van der Waals surface area contributed by atoms with Gasteiger partial charge in [0.15, 0.2) is 6.29 Å². The molecule has 2 rings (SSSR count). The minimum Gasteiger partial charge on any atom is -0.353 e. The van der Waals surface area contributed by atoms with Crippen LogP contribution in [0.4, 0.5) is 5.82 Å². The van der Waals surface area contributed by atoms with Gasteiger partial charge in [0.2, 0.25) is 0 Å². The van der Waals surface area contributed by atoms with Crippen molar-refractivity contribution in [3.8, 4) is 0 Å². The van der Waals surface area contributed by atoms with Crippen LogP contribution in [0.2, 0.25) is 5.02 Å². The van der Waals surface area contributed by atoms with Crippen LogP contribution >= 0.6 is 11.6 Å². The molecule has 0 aliphatic rings. The van der Waals surface area contributed by atoms with Gasteiger partial charge in [-0.2, -0.15) is 0 Å². The molecule has 2 aromatic rings. The Bertz CT molecular complexity index is 569. The number of benzene rings is 1. The SMILES string of the molecule is CC(c1ccccc1Cl)N(C)c1ccc(C=O)cn1. The van der Waals surface area contributed by atoms with E-state index in [4.69, 9.17) is 11.6 Å². The molecule has 1 atom stereocenters. The molecule has 0 aliphatic heterocycles. The Hall–Kier alpha value is -1.87. The standard InChI is InChI=1S/C15H15ClN2O/c1-11(13-5-3-4-6-14(13)16)18(2)15-8-7-12(10-19)9-17-15/h3-11H,1-2H3. The Morgan fingerprint density at radius 2 is 2.00 bits per heavy atom. The minimum absolute atomic E-state index is 0.100. The maximum atomic E-state index is 10.6. The van der Waals surface area contributed by atoms with Crippen molar-refractivity contribution < 1.29 is 4.79 Å². The fourth-order valence-corrected chi connectivity index (χ4v) is 2.19. The molecule has 0 spiro atoms. The third kappa shape index (κ3) is 2.93. The van der Waals surface area contributed by atoms with Crippen LogP contribution < -0.4 is 4.90 Å². The summed E-state index contributed by atoms with van der Waals surface area (Å²) in [4.78, 5) is 16.9. The van der Waals surface area contributed by atoms with E-state index in [1.165, 1.54) is 0 Å². The van der Waals surface area contributed by atoms with E-state index < -0.39 is 0 Å². The van der Waals surface area contributed by atoms with Gasteiger partial charge in [-0.3, -0.25) is 4.79 Å². The van der Waals surface area contributed by atoms with Crippen LogP contribution in [0.5, 0.6) is 0 Å². The largest absolute Gasteiger partial charge is 0.353 e. The molecule has 0 radical (unpaired) electrons. The second kappa shape index (κ2) is 5.85. The fraction of sp³-hybridized carbons (Fsp3) is 0.200. The highest BCUT2D eigenvalue weighted by Gasteiger charge is 2.15. The molecule has 19 heavy (non-hydrogen) atoms. The Labute approximate surface area is 117 Å². The van der Waals surface area contributed by atoms with Gasteiger partial charge in [-0.25, -0.2) is 4.98 Å². The number of aldehydes is 1. The number of carbonyl (C=O) groups is 1. The molecular weight excluding hydrogens is 260 g/mol. The molecule has 0 fully saturated rings. The lowest BCUT2D eigenvalue weighted by atomic mass is 10.1. The number of nitrogens with zero attached hydrogens (tertiary/aromatic N) is 2. The van der Waals surface area contributed by atoms with Gasteiger partial charge in [0, 0.05) is 23.8 Å². The highest BCUT2D eigenvalue weighted by atomic mass is 35.5. The summed E-state index contributed by atoms with van der Waals surface area (Å²) in [6.07, 6.45) is 2.35. The number of anilines is 1. The van der Waals surface area contributed by atoms with E-state index in [2.05, 4.69) is 11.9 Å². The van der Waals surface area contributed by atoms with Gasteiger partial charge in [-0.15, -0.1) is 0 Å². The fourth-order valence-electron chi connectivity index (χ4n) is 1.90. The van der Waals surface area contributed by atoms with Gasteiger partial charge in [-0.1, -0.05) is 29.8 Å². The zero-order valence-electron chi connectivity index (χ0n) is 10.9. The highest BCUT2D eigenvalue weighted by Crippen LogP contribution is 2.28. The monoisotopic (exact) mass is 274 g/mol. The maximum absolute atomic E-state index is 10.6. The summed E-state index contributed by atoms with van der Waals surface area (Å²) in [5.41, 5.74) is 1.62. The van der Waals surface area contributed by atoms with Gasteiger partial charge >= 0.3 is 0 Å². The summed E-state index contributed by atoms with van der Waals surface area (Å²) in [7, 11) is 1.96. The molecule has 1 unspecified atom stereocenters. The zero-order valence-corrected chi connectivity index (χ0v) is 11.6. The maximum Gasteiger partial charge on any atom is 0.151 e. The third-order valence-electron chi connectivity index (χ3n) is 3.20. The summed E-state index contributed by atoms with van der Waals surface area (Å²) < 4.78 is 0. The Morgan fingerprint density at radius 1 is 1.26 bits per heavy atom. The molecule has 0 amide bonds. The van der Waals surface area contributed by atoms with Crippen LogP contribution in [-0.2, 0) is 0 Å². The van der Waals surface area contributed by atoms with Crippen molar-refractivity contribution in [1.29, 1.82) is 0 Å². The summed E-state index contributed by atoms with van der Waals surface area (Å²) >= 11 is 6.20. The van der Waals surface area contributed by atoms with Crippen molar-refractivity contribution in [1.82, 2.24) is 4.98 Å². The molecule has 0 saturated carbocycles. The second-order valence-electron chi connectivity index (χ2n) is 4.38. The van der Waals surface area contributed by atoms with Gasteiger partial charge in [-0.05, 0) is 30.7 Å². The molecule has 0 bridgehead atoms. The van der Waals surface area contributed by atoms with Crippen LogP contribution in [-0.4, -0.2) is 18.3 Å². The predicted molar refractivity (Wildman–Crippen MR) is 77.9 cm³/mol. The summed E-state index contributed by atoms with van der Waals surface area (Å²) in [5, 5.41) is 0.742. The Balaban J connectivity index is 2.25. The molecule has 3 nitrogen and oxygen atoms in total. The average molecular weight is 275 g/mol. The van der Waals surface area contributed by atoms with E-state index >= 15 is 0 Å². The molecule has 0 saturated heterocycles. The third-order valence-corrected chi connectivity index (χ3v) is 3.55. The van der Waals surface area contributed by atoms with Gasteiger partial charge in [0.25, 0.3) is 0 Å². The van der Waals surface area contributed by atoms with E-state index in [1.54, 1.807) is 12.3 Å². The van der Waals surface area contributed by atoms with Gasteiger partial charge in [0.1, 0.15) is 5.82 Å². The quantitative estimate of drug-likeness (QED) is 0.796. The molecule has 4 heteroatoms. The van der Waals surface area contributed by atoms with Crippen LogP contribution in [0.1, 0.15) is 28.9 Å². The van der Waals surface area contributed by atoms with E-state index in [0.717, 1.165) is 22.7 Å². The van der Waals surface area contributed by atoms with Crippen LogP contribution in [0.25, 0.3) is 0 Å². The molecule has 1 aromatic carbocycles. The van der Waals surface area contributed by atoms with Gasteiger partial charge in [0.05, 0.1) is 6.04 Å². The number of hydrogen-bond acceptors (Lipinski definition) is 3. The first-order valence-electron chi connectivity index (χ1n) is 6.02. The van der Waals surface area contributed by atoms with E-state index in [0.29, 0.717) is 5.56 Å². The van der Waals surface area contributed by atoms with Crippen LogP contribution in [0.15, 0.2) is 42.6 Å². The number of rotatable bonds is 4. The van der Waals surface area contributed by atoms with Crippen molar-refractivity contribution >= 4 is 23.7 Å². The number of hydrogen-bond donors (Lipinski definition) is 0. The molecule has 0 aliphatic carbocycles. The molecule has 0 N–H and O–H groups in total. The first kappa shape index (κ1) is 13.6. The summed E-state index contributed by atoms with van der Waals surface area (Å²) in [6, 6.07) is 11.4. The lowest BCUT2D eigenvalue weighted by Gasteiger charge is -2.27. The van der Waals surface area contributed by atoms with Crippen molar-refractivity contribution in [2.24, 2.45) is 0 Å². The lowest BCUT2D eigenvalue weighted by molar-refractivity contribution is 0.112. The zero-order chi connectivity index (χ0) is 13.8. The molecule has 1 aromatic heterocycles. The Kier molecular flexibility index (Phi) is 4.17. The molecule has 1 heterocycles. The molecule has 98 valence electrons. The van der Waals surface area contributed by atoms with Crippen molar-refractivity contribution in [3.63, 3.8) is 0 Å². The number of halogens is 1. The minimum atomic E-state index is 0.100. The van der Waals surface area contributed by atoms with E-state index in [9.17, 15) is 4.79 Å². The van der Waals surface area contributed by atoms with E-state index in [-0.39, 0.29) is 6.04 Å². The number of pyridine rings is 1. The average Bonchev–Trinajstić information content (AvgIpc) is 2.46. The summed E-state index contributed by atoms with van der Waals surface area (Å²) in [6.45, 7) is 2.07.